The molecule has 0 saturated heterocycles. The molecule has 5 nitrogen and oxygen atoms in total. The van der Waals surface area contributed by atoms with Gasteiger partial charge in [0.25, 0.3) is 0 Å². The van der Waals surface area contributed by atoms with E-state index in [-0.39, 0.29) is 26.0 Å². The molecule has 0 radical (unpaired) electrons. The number of carbonyl (C=O) groups is 2. The van der Waals surface area contributed by atoms with Crippen LogP contribution in [0.15, 0.2) is 60.7 Å². The number of hydrogen-bond donors (Lipinski definition) is 2. The molecule has 2 N–H and O–H groups in total. The summed E-state index contributed by atoms with van der Waals surface area (Å²) in [6, 6.07) is 18.6. The molecule has 5 heteroatoms. The smallest absolute Gasteiger partial charge is 0.307 e. The SMILES string of the molecule is O=C(CCNC(=O)C(O)Cc1ccccc1)OCc1ccccc1. The summed E-state index contributed by atoms with van der Waals surface area (Å²) in [7, 11) is 0. The second kappa shape index (κ2) is 9.47. The summed E-state index contributed by atoms with van der Waals surface area (Å²) in [5, 5.41) is 12.4. The third-order valence-electron chi connectivity index (χ3n) is 3.45. The van der Waals surface area contributed by atoms with Gasteiger partial charge in [-0.15, -0.1) is 0 Å². The zero-order valence-electron chi connectivity index (χ0n) is 13.4. The Balaban J connectivity index is 1.63. The Morgan fingerprint density at radius 1 is 0.958 bits per heavy atom. The number of benzene rings is 2. The Labute approximate surface area is 141 Å². The van der Waals surface area contributed by atoms with Crippen molar-refractivity contribution in [1.29, 1.82) is 0 Å². The largest absolute Gasteiger partial charge is 0.461 e. The van der Waals surface area contributed by atoms with Crippen LogP contribution in [0.4, 0.5) is 0 Å². The minimum atomic E-state index is -1.13. The Kier molecular flexibility index (Phi) is 6.98. The van der Waals surface area contributed by atoms with Gasteiger partial charge in [0.05, 0.1) is 6.42 Å². The number of carbonyl (C=O) groups excluding carboxylic acids is 2. The van der Waals surface area contributed by atoms with Gasteiger partial charge in [-0.25, -0.2) is 0 Å². The lowest BCUT2D eigenvalue weighted by molar-refractivity contribution is -0.144. The molecule has 0 spiro atoms. The average Bonchev–Trinajstić information content (AvgIpc) is 2.61. The molecule has 0 aliphatic heterocycles. The Hall–Kier alpha value is -2.66. The maximum atomic E-state index is 11.8. The van der Waals surface area contributed by atoms with Crippen LogP contribution in [0.1, 0.15) is 17.5 Å². The van der Waals surface area contributed by atoms with Crippen molar-refractivity contribution in [2.75, 3.05) is 6.54 Å². The molecular weight excluding hydrogens is 306 g/mol. The molecule has 1 amide bonds. The fourth-order valence-electron chi connectivity index (χ4n) is 2.15. The first-order chi connectivity index (χ1) is 11.6. The van der Waals surface area contributed by atoms with Crippen LogP contribution >= 0.6 is 0 Å². The molecule has 0 aliphatic carbocycles. The van der Waals surface area contributed by atoms with E-state index in [1.807, 2.05) is 60.7 Å². The highest BCUT2D eigenvalue weighted by molar-refractivity contribution is 5.81. The van der Waals surface area contributed by atoms with Crippen molar-refractivity contribution in [3.8, 4) is 0 Å². The van der Waals surface area contributed by atoms with E-state index in [4.69, 9.17) is 4.74 Å². The van der Waals surface area contributed by atoms with Crippen molar-refractivity contribution in [3.63, 3.8) is 0 Å². The van der Waals surface area contributed by atoms with E-state index in [2.05, 4.69) is 5.32 Å². The molecule has 0 heterocycles. The minimum Gasteiger partial charge on any atom is -0.461 e. The van der Waals surface area contributed by atoms with E-state index in [1.165, 1.54) is 0 Å². The van der Waals surface area contributed by atoms with E-state index >= 15 is 0 Å². The monoisotopic (exact) mass is 327 g/mol. The highest BCUT2D eigenvalue weighted by atomic mass is 16.5. The molecule has 0 saturated carbocycles. The van der Waals surface area contributed by atoms with Gasteiger partial charge >= 0.3 is 5.97 Å². The number of nitrogens with one attached hydrogen (secondary N) is 1. The summed E-state index contributed by atoms with van der Waals surface area (Å²) < 4.78 is 5.11. The minimum absolute atomic E-state index is 0.0661. The van der Waals surface area contributed by atoms with Gasteiger partial charge in [0.1, 0.15) is 12.7 Å². The van der Waals surface area contributed by atoms with E-state index < -0.39 is 18.0 Å². The molecule has 2 aromatic rings. The number of rotatable bonds is 8. The number of esters is 1. The van der Waals surface area contributed by atoms with Gasteiger partial charge in [-0.2, -0.15) is 0 Å². The Morgan fingerprint density at radius 3 is 2.17 bits per heavy atom. The first-order valence-corrected chi connectivity index (χ1v) is 7.84. The topological polar surface area (TPSA) is 75.6 Å². The zero-order valence-corrected chi connectivity index (χ0v) is 13.4. The van der Waals surface area contributed by atoms with Crippen molar-refractivity contribution in [3.05, 3.63) is 71.8 Å². The first-order valence-electron chi connectivity index (χ1n) is 7.84. The van der Waals surface area contributed by atoms with Gasteiger partial charge in [0, 0.05) is 13.0 Å². The molecule has 0 fully saturated rings. The molecule has 1 unspecified atom stereocenters. The van der Waals surface area contributed by atoms with Crippen LogP contribution in [0.2, 0.25) is 0 Å². The van der Waals surface area contributed by atoms with Crippen LogP contribution in [-0.2, 0) is 27.4 Å². The van der Waals surface area contributed by atoms with Crippen LogP contribution < -0.4 is 5.32 Å². The second-order valence-electron chi connectivity index (χ2n) is 5.39. The van der Waals surface area contributed by atoms with Crippen molar-refractivity contribution in [1.82, 2.24) is 5.32 Å². The maximum absolute atomic E-state index is 11.8. The molecule has 126 valence electrons. The molecule has 2 aromatic carbocycles. The van der Waals surface area contributed by atoms with Crippen LogP contribution in [0.25, 0.3) is 0 Å². The van der Waals surface area contributed by atoms with Crippen LogP contribution in [0.3, 0.4) is 0 Å². The second-order valence-corrected chi connectivity index (χ2v) is 5.39. The van der Waals surface area contributed by atoms with Gasteiger partial charge in [-0.3, -0.25) is 9.59 Å². The van der Waals surface area contributed by atoms with Gasteiger partial charge < -0.3 is 15.2 Å². The van der Waals surface area contributed by atoms with Gasteiger partial charge in [0.2, 0.25) is 5.91 Å². The number of amides is 1. The first kappa shape index (κ1) is 17.7. The van der Waals surface area contributed by atoms with Crippen molar-refractivity contribution >= 4 is 11.9 Å². The third kappa shape index (κ3) is 6.22. The van der Waals surface area contributed by atoms with Gasteiger partial charge in [-0.05, 0) is 11.1 Å². The van der Waals surface area contributed by atoms with Crippen molar-refractivity contribution in [2.24, 2.45) is 0 Å². The number of ether oxygens (including phenoxy) is 1. The molecule has 0 aliphatic rings. The van der Waals surface area contributed by atoms with Gasteiger partial charge in [0.15, 0.2) is 0 Å². The molecule has 2 rings (SSSR count). The van der Waals surface area contributed by atoms with E-state index in [0.717, 1.165) is 11.1 Å². The lowest BCUT2D eigenvalue weighted by atomic mass is 10.1. The highest BCUT2D eigenvalue weighted by Crippen LogP contribution is 2.04. The normalized spacial score (nSPS) is 11.5. The Bertz CT molecular complexity index is 643. The zero-order chi connectivity index (χ0) is 17.2. The summed E-state index contributed by atoms with van der Waals surface area (Å²) in [6.07, 6.45) is -0.824. The quantitative estimate of drug-likeness (QED) is 0.726. The number of aliphatic hydroxyl groups excluding tert-OH is 1. The van der Waals surface area contributed by atoms with Crippen molar-refractivity contribution < 1.29 is 19.4 Å². The molecule has 0 bridgehead atoms. The van der Waals surface area contributed by atoms with Crippen molar-refractivity contribution in [2.45, 2.75) is 25.6 Å². The third-order valence-corrected chi connectivity index (χ3v) is 3.45. The van der Waals surface area contributed by atoms with E-state index in [0.29, 0.717) is 0 Å². The summed E-state index contributed by atoms with van der Waals surface area (Å²) in [5.41, 5.74) is 1.79. The van der Waals surface area contributed by atoms with Crippen LogP contribution in [-0.4, -0.2) is 29.6 Å². The summed E-state index contributed by atoms with van der Waals surface area (Å²) in [4.78, 5) is 23.4. The molecule has 0 aromatic heterocycles. The average molecular weight is 327 g/mol. The summed E-state index contributed by atoms with van der Waals surface area (Å²) >= 11 is 0. The lowest BCUT2D eigenvalue weighted by Crippen LogP contribution is -2.37. The highest BCUT2D eigenvalue weighted by Gasteiger charge is 2.15. The van der Waals surface area contributed by atoms with E-state index in [1.54, 1.807) is 0 Å². The summed E-state index contributed by atoms with van der Waals surface area (Å²) in [6.45, 7) is 0.350. The number of hydrogen-bond acceptors (Lipinski definition) is 4. The fourth-order valence-corrected chi connectivity index (χ4v) is 2.15. The fraction of sp³-hybridized carbons (Fsp3) is 0.263. The Morgan fingerprint density at radius 2 is 1.54 bits per heavy atom. The molecule has 1 atom stereocenters. The van der Waals surface area contributed by atoms with Crippen LogP contribution in [0, 0.1) is 0 Å². The van der Waals surface area contributed by atoms with Gasteiger partial charge in [-0.1, -0.05) is 60.7 Å². The predicted octanol–water partition coefficient (Wildman–Crippen LogP) is 1.84. The summed E-state index contributed by atoms with van der Waals surface area (Å²) in [5.74, 6) is -0.883. The molecule has 24 heavy (non-hydrogen) atoms. The number of aliphatic hydroxyl groups is 1. The maximum Gasteiger partial charge on any atom is 0.307 e. The predicted molar refractivity (Wildman–Crippen MR) is 90.0 cm³/mol. The van der Waals surface area contributed by atoms with E-state index in [9.17, 15) is 14.7 Å². The van der Waals surface area contributed by atoms with Crippen LogP contribution in [0.5, 0.6) is 0 Å². The lowest BCUT2D eigenvalue weighted by Gasteiger charge is -2.11. The standard InChI is InChI=1S/C19H21NO4/c21-17(13-15-7-3-1-4-8-15)19(23)20-12-11-18(22)24-14-16-9-5-2-6-10-16/h1-10,17,21H,11-14H2,(H,20,23). The molecular formula is C19H21NO4.